The van der Waals surface area contributed by atoms with Crippen LogP contribution in [-0.2, 0) is 19.1 Å². The van der Waals surface area contributed by atoms with E-state index in [1.54, 1.807) is 17.6 Å². The molecule has 0 aliphatic rings. The van der Waals surface area contributed by atoms with Gasteiger partial charge in [-0.25, -0.2) is 19.5 Å². The van der Waals surface area contributed by atoms with Gasteiger partial charge in [0.2, 0.25) is 0 Å². The Morgan fingerprint density at radius 1 is 1.20 bits per heavy atom. The molecule has 0 unspecified atom stereocenters. The normalized spacial score (nSPS) is 12.6. The Bertz CT molecular complexity index is 1430. The van der Waals surface area contributed by atoms with E-state index < -0.39 is 11.9 Å². The van der Waals surface area contributed by atoms with Crippen molar-refractivity contribution in [3.05, 3.63) is 45.8 Å². The van der Waals surface area contributed by atoms with E-state index in [1.807, 2.05) is 11.6 Å². The van der Waals surface area contributed by atoms with Crippen LogP contribution in [-0.4, -0.2) is 34.3 Å². The lowest BCUT2D eigenvalue weighted by Gasteiger charge is -2.06. The van der Waals surface area contributed by atoms with Crippen LogP contribution in [0.1, 0.15) is 22.8 Å². The highest BCUT2D eigenvalue weighted by Gasteiger charge is 2.33. The molecular weight excluding hydrogens is 483 g/mol. The van der Waals surface area contributed by atoms with Gasteiger partial charge in [0.1, 0.15) is 21.6 Å². The van der Waals surface area contributed by atoms with Gasteiger partial charge >= 0.3 is 6.18 Å². The summed E-state index contributed by atoms with van der Waals surface area (Å²) in [5.41, 5.74) is 1.73. The molecule has 12 heteroatoms. The van der Waals surface area contributed by atoms with Gasteiger partial charge in [-0.1, -0.05) is 0 Å². The van der Waals surface area contributed by atoms with Gasteiger partial charge < -0.3 is 0 Å². The van der Waals surface area contributed by atoms with Gasteiger partial charge in [-0.2, -0.15) is 18.3 Å². The maximum absolute atomic E-state index is 13.2. The zero-order chi connectivity index (χ0) is 21.2. The van der Waals surface area contributed by atoms with E-state index in [1.165, 1.54) is 6.33 Å². The summed E-state index contributed by atoms with van der Waals surface area (Å²) >= 11 is 4.58. The van der Waals surface area contributed by atoms with E-state index in [0.29, 0.717) is 50.4 Å². The Hall–Kier alpha value is -2.60. The minimum absolute atomic E-state index is 0.291. The van der Waals surface area contributed by atoms with Gasteiger partial charge in [-0.3, -0.25) is 4.68 Å². The maximum Gasteiger partial charge on any atom is 0.433 e. The summed E-state index contributed by atoms with van der Waals surface area (Å²) in [5, 5.41) is 9.38. The predicted octanol–water partition coefficient (Wildman–Crippen LogP) is 4.72. The number of rotatable bonds is 3. The summed E-state index contributed by atoms with van der Waals surface area (Å²) in [7, 11) is 0. The van der Waals surface area contributed by atoms with Gasteiger partial charge in [0.05, 0.1) is 16.2 Å². The molecule has 0 N–H and O–H groups in total. The first-order chi connectivity index (χ1) is 14.2. The molecule has 0 amide bonds. The Morgan fingerprint density at radius 3 is 2.70 bits per heavy atom. The van der Waals surface area contributed by atoms with Crippen LogP contribution >= 0.6 is 27.3 Å². The lowest BCUT2D eigenvalue weighted by atomic mass is 10.1. The second-order valence-corrected chi connectivity index (χ2v) is 8.73. The molecule has 0 spiro atoms. The first kappa shape index (κ1) is 19.4. The van der Waals surface area contributed by atoms with Crippen molar-refractivity contribution in [2.24, 2.45) is 0 Å². The lowest BCUT2D eigenvalue weighted by molar-refractivity contribution is -0.141. The number of aromatic nitrogens is 7. The number of alkyl halides is 3. The van der Waals surface area contributed by atoms with Crippen molar-refractivity contribution in [2.75, 3.05) is 0 Å². The average Bonchev–Trinajstić information content (AvgIpc) is 3.35. The molecule has 154 valence electrons. The zero-order valence-electron chi connectivity index (χ0n) is 15.7. The van der Waals surface area contributed by atoms with E-state index in [0.717, 1.165) is 27.6 Å². The number of thiophene rings is 1. The van der Waals surface area contributed by atoms with E-state index >= 15 is 0 Å². The van der Waals surface area contributed by atoms with Crippen molar-refractivity contribution in [3.8, 4) is 0 Å². The number of nitrogens with zero attached hydrogens (tertiary/aromatic N) is 7. The van der Waals surface area contributed by atoms with Crippen molar-refractivity contribution in [3.63, 3.8) is 0 Å². The van der Waals surface area contributed by atoms with Gasteiger partial charge in [0.15, 0.2) is 11.5 Å². The molecule has 5 aromatic rings. The largest absolute Gasteiger partial charge is 0.433 e. The highest BCUT2D eigenvalue weighted by atomic mass is 79.9. The molecule has 0 radical (unpaired) electrons. The van der Waals surface area contributed by atoms with Crippen LogP contribution in [0.25, 0.3) is 26.1 Å². The topological polar surface area (TPSA) is 73.8 Å². The monoisotopic (exact) mass is 495 g/mol. The molecule has 5 rings (SSSR count). The summed E-state index contributed by atoms with van der Waals surface area (Å²) in [6, 6.07) is 1.06. The fourth-order valence-corrected chi connectivity index (χ4v) is 4.84. The summed E-state index contributed by atoms with van der Waals surface area (Å²) < 4.78 is 44.5. The number of fused-ring (bicyclic) bond motifs is 5. The quantitative estimate of drug-likeness (QED) is 0.361. The molecule has 0 atom stereocenters. The molecule has 5 heterocycles. The average molecular weight is 496 g/mol. The van der Waals surface area contributed by atoms with Crippen LogP contribution in [0.3, 0.4) is 0 Å². The first-order valence-corrected chi connectivity index (χ1v) is 10.5. The number of pyridine rings is 1. The minimum Gasteiger partial charge on any atom is -0.268 e. The third kappa shape index (κ3) is 3.05. The Kier molecular flexibility index (Phi) is 4.33. The number of halogens is 4. The molecule has 30 heavy (non-hydrogen) atoms. The van der Waals surface area contributed by atoms with Gasteiger partial charge in [0.25, 0.3) is 0 Å². The van der Waals surface area contributed by atoms with Gasteiger partial charge in [-0.05, 0) is 41.4 Å². The molecule has 0 saturated heterocycles. The molecule has 0 aliphatic carbocycles. The smallest absolute Gasteiger partial charge is 0.268 e. The maximum atomic E-state index is 13.2. The van der Waals surface area contributed by atoms with E-state index in [2.05, 4.69) is 41.1 Å². The molecule has 0 saturated carbocycles. The fourth-order valence-electron chi connectivity index (χ4n) is 3.36. The molecule has 0 bridgehead atoms. The first-order valence-electron chi connectivity index (χ1n) is 8.91. The lowest BCUT2D eigenvalue weighted by Crippen LogP contribution is -2.07. The zero-order valence-corrected chi connectivity index (χ0v) is 18.1. The van der Waals surface area contributed by atoms with E-state index in [4.69, 9.17) is 0 Å². The van der Waals surface area contributed by atoms with Crippen LogP contribution in [0.5, 0.6) is 0 Å². The Balaban J connectivity index is 1.59. The van der Waals surface area contributed by atoms with Crippen LogP contribution in [0.2, 0.25) is 0 Å². The molecular formula is C18H13BrF3N7S. The highest BCUT2D eigenvalue weighted by Crippen LogP contribution is 2.38. The standard InChI is InChI=1S/C18H13BrF3N7S/c1-8-5-11(18(20,21)22)25-17-13(8)14-15(30-17)16-26-12(27-29(16)7-23-14)3-4-28-9(2)10(19)6-24-28/h5-7H,3-4H2,1-2H3. The molecule has 7 nitrogen and oxygen atoms in total. The highest BCUT2D eigenvalue weighted by molar-refractivity contribution is 9.10. The number of hydrogen-bond acceptors (Lipinski definition) is 6. The molecule has 5 aromatic heterocycles. The third-order valence-electron chi connectivity index (χ3n) is 4.89. The molecule has 0 fully saturated rings. The summed E-state index contributed by atoms with van der Waals surface area (Å²) in [5.74, 6) is 0.605. The second kappa shape index (κ2) is 6.71. The Morgan fingerprint density at radius 2 is 2.00 bits per heavy atom. The van der Waals surface area contributed by atoms with Crippen molar-refractivity contribution in [1.82, 2.24) is 34.3 Å². The predicted molar refractivity (Wildman–Crippen MR) is 110 cm³/mol. The van der Waals surface area contributed by atoms with Crippen molar-refractivity contribution in [1.29, 1.82) is 0 Å². The van der Waals surface area contributed by atoms with E-state index in [-0.39, 0.29) is 0 Å². The second-order valence-electron chi connectivity index (χ2n) is 6.87. The van der Waals surface area contributed by atoms with Crippen molar-refractivity contribution >= 4 is 53.3 Å². The van der Waals surface area contributed by atoms with Crippen LogP contribution < -0.4 is 0 Å². The van der Waals surface area contributed by atoms with Crippen LogP contribution in [0.15, 0.2) is 23.1 Å². The van der Waals surface area contributed by atoms with Gasteiger partial charge in [-0.15, -0.1) is 16.4 Å². The number of hydrogen-bond donors (Lipinski definition) is 0. The number of aryl methyl sites for hydroxylation is 3. The third-order valence-corrected chi connectivity index (χ3v) is 6.74. The van der Waals surface area contributed by atoms with Gasteiger partial charge in [0, 0.05) is 24.0 Å². The van der Waals surface area contributed by atoms with Crippen molar-refractivity contribution in [2.45, 2.75) is 33.0 Å². The minimum atomic E-state index is -4.50. The van der Waals surface area contributed by atoms with Crippen LogP contribution in [0.4, 0.5) is 13.2 Å². The summed E-state index contributed by atoms with van der Waals surface area (Å²) in [6.07, 6.45) is -0.674. The van der Waals surface area contributed by atoms with Crippen molar-refractivity contribution < 1.29 is 13.2 Å². The summed E-state index contributed by atoms with van der Waals surface area (Å²) in [6.45, 7) is 4.20. The SMILES string of the molecule is Cc1cc(C(F)(F)F)nc2sc3c(ncn4nc(CCn5ncc(Br)c5C)nc34)c12. The molecule has 0 aromatic carbocycles. The summed E-state index contributed by atoms with van der Waals surface area (Å²) in [4.78, 5) is 13.2. The Labute approximate surface area is 179 Å². The fraction of sp³-hybridized carbons (Fsp3) is 0.278. The van der Waals surface area contributed by atoms with E-state index in [9.17, 15) is 13.2 Å². The molecule has 0 aliphatic heterocycles. The van der Waals surface area contributed by atoms with Crippen LogP contribution in [0, 0.1) is 13.8 Å².